The molecule has 0 amide bonds. The fraction of sp³-hybridized carbons (Fsp3) is 0.423. The summed E-state index contributed by atoms with van der Waals surface area (Å²) in [6, 6.07) is 12.3. The van der Waals surface area contributed by atoms with Crippen LogP contribution in [0.2, 0.25) is 0 Å². The third-order valence-corrected chi connectivity index (χ3v) is 4.80. The molecule has 168 valence electrons. The molecule has 0 aromatic heterocycles. The number of hydrogen-bond acceptors (Lipinski definition) is 5. The molecule has 2 aromatic carbocycles. The van der Waals surface area contributed by atoms with Gasteiger partial charge >= 0.3 is 0 Å². The number of unbranched alkanes of at least 4 members (excludes halogenated alkanes) is 2. The van der Waals surface area contributed by atoms with Gasteiger partial charge in [0, 0.05) is 0 Å². The first kappa shape index (κ1) is 24.3. The predicted octanol–water partition coefficient (Wildman–Crippen LogP) is 6.06. The lowest BCUT2D eigenvalue weighted by atomic mass is 10.1. The quantitative estimate of drug-likeness (QED) is 0.160. The minimum absolute atomic E-state index is 0.401. The number of allylic oxidation sites excluding steroid dienone is 1. The van der Waals surface area contributed by atoms with Crippen LogP contribution in [-0.4, -0.2) is 33.1 Å². The van der Waals surface area contributed by atoms with Gasteiger partial charge in [-0.1, -0.05) is 29.4 Å². The van der Waals surface area contributed by atoms with Gasteiger partial charge in [0.25, 0.3) is 0 Å². The van der Waals surface area contributed by atoms with Gasteiger partial charge in [-0.3, -0.25) is 0 Å². The first-order valence-electron chi connectivity index (χ1n) is 10.9. The molecule has 0 unspecified atom stereocenters. The standard InChI is InChI=1S/C26H35NO4/c1-5-6-16-29-25-19-21(2)26(22(3)20-25)31-17-9-7-8-10-23-11-13-24(14-12-23)30-18-15-27-28-4/h5-6,11-15,19-20H,7-10,16-18H2,1-4H3/b6-5+,27-15?. The average molecular weight is 426 g/mol. The SMILES string of the molecule is C/C=C/COc1cc(C)c(OCCCCCc2ccc(OCC=NOC)cc2)c(C)c1. The lowest BCUT2D eigenvalue weighted by molar-refractivity contribution is 0.212. The maximum atomic E-state index is 6.07. The molecule has 0 fully saturated rings. The van der Waals surface area contributed by atoms with Crippen molar-refractivity contribution in [1.82, 2.24) is 0 Å². The second-order valence-electron chi connectivity index (χ2n) is 7.35. The van der Waals surface area contributed by atoms with E-state index < -0.39 is 0 Å². The smallest absolute Gasteiger partial charge is 0.127 e. The van der Waals surface area contributed by atoms with Gasteiger partial charge in [-0.25, -0.2) is 0 Å². The minimum Gasteiger partial charge on any atom is -0.493 e. The van der Waals surface area contributed by atoms with Gasteiger partial charge in [0.1, 0.15) is 37.6 Å². The highest BCUT2D eigenvalue weighted by Crippen LogP contribution is 2.28. The molecule has 0 spiro atoms. The van der Waals surface area contributed by atoms with E-state index in [-0.39, 0.29) is 0 Å². The van der Waals surface area contributed by atoms with Gasteiger partial charge in [0.2, 0.25) is 0 Å². The number of aryl methyl sites for hydroxylation is 3. The zero-order valence-electron chi connectivity index (χ0n) is 19.2. The molecular formula is C26H35NO4. The molecule has 0 aliphatic rings. The van der Waals surface area contributed by atoms with E-state index in [0.29, 0.717) is 13.2 Å². The van der Waals surface area contributed by atoms with E-state index in [2.05, 4.69) is 36.0 Å². The van der Waals surface area contributed by atoms with E-state index in [1.165, 1.54) is 12.7 Å². The average Bonchev–Trinajstić information content (AvgIpc) is 2.76. The number of hydrogen-bond donors (Lipinski definition) is 0. The number of oxime groups is 1. The molecule has 5 nitrogen and oxygen atoms in total. The van der Waals surface area contributed by atoms with Gasteiger partial charge in [-0.05, 0) is 87.4 Å². The van der Waals surface area contributed by atoms with Gasteiger partial charge in [0.15, 0.2) is 0 Å². The Balaban J connectivity index is 1.66. The molecule has 2 rings (SSSR count). The molecule has 0 aliphatic carbocycles. The fourth-order valence-corrected chi connectivity index (χ4v) is 3.24. The number of nitrogens with zero attached hydrogens (tertiary/aromatic N) is 1. The summed E-state index contributed by atoms with van der Waals surface area (Å²) in [5.41, 5.74) is 3.55. The first-order chi connectivity index (χ1) is 15.1. The van der Waals surface area contributed by atoms with Crippen molar-refractivity contribution >= 4 is 6.21 Å². The highest BCUT2D eigenvalue weighted by molar-refractivity contribution is 5.58. The van der Waals surface area contributed by atoms with Crippen molar-refractivity contribution in [2.24, 2.45) is 5.16 Å². The largest absolute Gasteiger partial charge is 0.493 e. The molecule has 0 aliphatic heterocycles. The van der Waals surface area contributed by atoms with E-state index in [9.17, 15) is 0 Å². The molecular weight excluding hydrogens is 390 g/mol. The third kappa shape index (κ3) is 9.16. The summed E-state index contributed by atoms with van der Waals surface area (Å²) in [5, 5.41) is 3.65. The van der Waals surface area contributed by atoms with Gasteiger partial charge < -0.3 is 19.0 Å². The van der Waals surface area contributed by atoms with Crippen molar-refractivity contribution in [3.63, 3.8) is 0 Å². The predicted molar refractivity (Wildman–Crippen MR) is 127 cm³/mol. The van der Waals surface area contributed by atoms with E-state index in [1.54, 1.807) is 6.21 Å². The van der Waals surface area contributed by atoms with Gasteiger partial charge in [-0.15, -0.1) is 0 Å². The maximum absolute atomic E-state index is 6.07. The molecule has 0 atom stereocenters. The van der Waals surface area contributed by atoms with Gasteiger partial charge in [0.05, 0.1) is 12.8 Å². The van der Waals surface area contributed by atoms with E-state index >= 15 is 0 Å². The summed E-state index contributed by atoms with van der Waals surface area (Å²) in [6.45, 7) is 7.86. The molecule has 0 saturated heterocycles. The van der Waals surface area contributed by atoms with E-state index in [0.717, 1.165) is 60.7 Å². The minimum atomic E-state index is 0.401. The fourth-order valence-electron chi connectivity index (χ4n) is 3.24. The summed E-state index contributed by atoms with van der Waals surface area (Å²) in [6.07, 6.45) is 9.94. The molecule has 5 heteroatoms. The van der Waals surface area contributed by atoms with Crippen molar-refractivity contribution in [2.75, 3.05) is 26.9 Å². The van der Waals surface area contributed by atoms with Crippen LogP contribution in [-0.2, 0) is 11.3 Å². The van der Waals surface area contributed by atoms with Crippen LogP contribution in [0.3, 0.4) is 0 Å². The van der Waals surface area contributed by atoms with Crippen molar-refractivity contribution < 1.29 is 19.0 Å². The summed E-state index contributed by atoms with van der Waals surface area (Å²) < 4.78 is 17.4. The Bertz CT molecular complexity index is 805. The Morgan fingerprint density at radius 2 is 1.55 bits per heavy atom. The van der Waals surface area contributed by atoms with Crippen molar-refractivity contribution in [3.8, 4) is 17.2 Å². The second kappa shape index (κ2) is 14.1. The number of rotatable bonds is 14. The maximum Gasteiger partial charge on any atom is 0.127 e. The Morgan fingerprint density at radius 3 is 2.23 bits per heavy atom. The molecule has 0 heterocycles. The highest BCUT2D eigenvalue weighted by atomic mass is 16.6. The van der Waals surface area contributed by atoms with Gasteiger partial charge in [-0.2, -0.15) is 0 Å². The van der Waals surface area contributed by atoms with Crippen molar-refractivity contribution in [2.45, 2.75) is 46.5 Å². The first-order valence-corrected chi connectivity index (χ1v) is 10.9. The Labute approximate surface area is 186 Å². The highest BCUT2D eigenvalue weighted by Gasteiger charge is 2.07. The monoisotopic (exact) mass is 425 g/mol. The van der Waals surface area contributed by atoms with Crippen LogP contribution in [0.25, 0.3) is 0 Å². The van der Waals surface area contributed by atoms with Crippen LogP contribution in [0.4, 0.5) is 0 Å². The molecule has 0 saturated carbocycles. The molecule has 2 aromatic rings. The van der Waals surface area contributed by atoms with Crippen LogP contribution in [0.1, 0.15) is 42.9 Å². The summed E-state index contributed by atoms with van der Waals surface area (Å²) in [7, 11) is 1.51. The van der Waals surface area contributed by atoms with E-state index in [1.807, 2.05) is 43.3 Å². The molecule has 0 N–H and O–H groups in total. The van der Waals surface area contributed by atoms with Crippen LogP contribution < -0.4 is 14.2 Å². The van der Waals surface area contributed by atoms with Crippen molar-refractivity contribution in [1.29, 1.82) is 0 Å². The Hall–Kier alpha value is -2.95. The normalized spacial score (nSPS) is 11.2. The molecule has 0 radical (unpaired) electrons. The second-order valence-corrected chi connectivity index (χ2v) is 7.35. The zero-order chi connectivity index (χ0) is 22.3. The van der Waals surface area contributed by atoms with Crippen LogP contribution >= 0.6 is 0 Å². The topological polar surface area (TPSA) is 49.3 Å². The number of ether oxygens (including phenoxy) is 3. The zero-order valence-corrected chi connectivity index (χ0v) is 19.2. The van der Waals surface area contributed by atoms with Crippen LogP contribution in [0.15, 0.2) is 53.7 Å². The van der Waals surface area contributed by atoms with E-state index in [4.69, 9.17) is 14.2 Å². The Morgan fingerprint density at radius 1 is 0.839 bits per heavy atom. The summed E-state index contributed by atoms with van der Waals surface area (Å²) in [4.78, 5) is 4.60. The van der Waals surface area contributed by atoms with Crippen LogP contribution in [0.5, 0.6) is 17.2 Å². The Kier molecular flexibility index (Phi) is 11.1. The molecule has 31 heavy (non-hydrogen) atoms. The van der Waals surface area contributed by atoms with Crippen LogP contribution in [0, 0.1) is 13.8 Å². The molecule has 0 bridgehead atoms. The summed E-state index contributed by atoms with van der Waals surface area (Å²) in [5.74, 6) is 2.70. The lowest BCUT2D eigenvalue weighted by Gasteiger charge is -2.14. The summed E-state index contributed by atoms with van der Waals surface area (Å²) >= 11 is 0. The van der Waals surface area contributed by atoms with Crippen molar-refractivity contribution in [3.05, 3.63) is 65.2 Å². The lowest BCUT2D eigenvalue weighted by Crippen LogP contribution is -2.02. The number of benzene rings is 2. The third-order valence-electron chi connectivity index (χ3n) is 4.80.